The highest BCUT2D eigenvalue weighted by atomic mass is 35.5. The van der Waals surface area contributed by atoms with Crippen LogP contribution in [0.2, 0.25) is 5.02 Å². The highest BCUT2D eigenvalue weighted by Crippen LogP contribution is 2.27. The molecule has 17 heavy (non-hydrogen) atoms. The minimum Gasteiger partial charge on any atom is -0.495 e. The van der Waals surface area contributed by atoms with E-state index in [2.05, 4.69) is 0 Å². The van der Waals surface area contributed by atoms with Crippen LogP contribution in [-0.4, -0.2) is 26.1 Å². The number of halogens is 1. The second-order valence-electron chi connectivity index (χ2n) is 4.10. The standard InChI is InChI=1S/C13H15ClO3/c1-16-12-3-2-10(8-11(12)14)13(15)9-4-6-17-7-5-9/h2-3,8-9H,4-7H2,1H3. The van der Waals surface area contributed by atoms with Gasteiger partial charge in [-0.15, -0.1) is 0 Å². The molecule has 0 saturated carbocycles. The summed E-state index contributed by atoms with van der Waals surface area (Å²) in [5, 5.41) is 0.477. The summed E-state index contributed by atoms with van der Waals surface area (Å²) in [6, 6.07) is 5.18. The molecule has 0 bridgehead atoms. The Morgan fingerprint density at radius 3 is 2.71 bits per heavy atom. The minimum atomic E-state index is 0.0632. The van der Waals surface area contributed by atoms with Gasteiger partial charge in [0.1, 0.15) is 5.75 Å². The van der Waals surface area contributed by atoms with Crippen LogP contribution in [0.25, 0.3) is 0 Å². The van der Waals surface area contributed by atoms with E-state index in [0.29, 0.717) is 29.5 Å². The molecule has 1 fully saturated rings. The predicted molar refractivity (Wildman–Crippen MR) is 65.9 cm³/mol. The van der Waals surface area contributed by atoms with Crippen LogP contribution >= 0.6 is 11.6 Å². The predicted octanol–water partition coefficient (Wildman–Crippen LogP) is 2.96. The van der Waals surface area contributed by atoms with Gasteiger partial charge in [-0.2, -0.15) is 0 Å². The van der Waals surface area contributed by atoms with Crippen LogP contribution in [0.1, 0.15) is 23.2 Å². The molecule has 3 nitrogen and oxygen atoms in total. The zero-order chi connectivity index (χ0) is 12.3. The van der Waals surface area contributed by atoms with E-state index >= 15 is 0 Å². The summed E-state index contributed by atoms with van der Waals surface area (Å²) in [5.74, 6) is 0.807. The number of rotatable bonds is 3. The molecule has 0 atom stereocenters. The molecule has 0 aromatic heterocycles. The fraction of sp³-hybridized carbons (Fsp3) is 0.462. The smallest absolute Gasteiger partial charge is 0.166 e. The van der Waals surface area contributed by atoms with E-state index in [1.807, 2.05) is 0 Å². The van der Waals surface area contributed by atoms with Crippen LogP contribution in [-0.2, 0) is 4.74 Å². The highest BCUT2D eigenvalue weighted by molar-refractivity contribution is 6.32. The van der Waals surface area contributed by atoms with E-state index in [9.17, 15) is 4.79 Å². The number of carbonyl (C=O) groups excluding carboxylic acids is 1. The molecule has 4 heteroatoms. The lowest BCUT2D eigenvalue weighted by molar-refractivity contribution is 0.0545. The Labute approximate surface area is 106 Å². The van der Waals surface area contributed by atoms with Crippen LogP contribution in [0.3, 0.4) is 0 Å². The van der Waals surface area contributed by atoms with E-state index in [-0.39, 0.29) is 11.7 Å². The summed E-state index contributed by atoms with van der Waals surface area (Å²) in [5.41, 5.74) is 0.655. The van der Waals surface area contributed by atoms with Gasteiger partial charge >= 0.3 is 0 Å². The van der Waals surface area contributed by atoms with Crippen molar-refractivity contribution in [3.63, 3.8) is 0 Å². The molecule has 1 aromatic carbocycles. The molecule has 0 unspecified atom stereocenters. The third-order valence-corrected chi connectivity index (χ3v) is 3.32. The molecule has 2 rings (SSSR count). The Balaban J connectivity index is 2.16. The molecule has 1 saturated heterocycles. The molecule has 1 heterocycles. The van der Waals surface area contributed by atoms with E-state index < -0.39 is 0 Å². The van der Waals surface area contributed by atoms with Gasteiger partial charge in [-0.25, -0.2) is 0 Å². The van der Waals surface area contributed by atoms with Gasteiger partial charge in [0.05, 0.1) is 12.1 Å². The van der Waals surface area contributed by atoms with Gasteiger partial charge in [-0.05, 0) is 31.0 Å². The van der Waals surface area contributed by atoms with Gasteiger partial charge in [0.25, 0.3) is 0 Å². The lowest BCUT2D eigenvalue weighted by Crippen LogP contribution is -2.23. The summed E-state index contributed by atoms with van der Waals surface area (Å²) in [6.07, 6.45) is 1.59. The summed E-state index contributed by atoms with van der Waals surface area (Å²) in [6.45, 7) is 1.33. The summed E-state index contributed by atoms with van der Waals surface area (Å²) >= 11 is 6.01. The van der Waals surface area contributed by atoms with Crippen LogP contribution in [0, 0.1) is 5.92 Å². The van der Waals surface area contributed by atoms with Crippen molar-refractivity contribution in [1.29, 1.82) is 0 Å². The second kappa shape index (κ2) is 5.52. The van der Waals surface area contributed by atoms with Gasteiger partial charge in [0, 0.05) is 24.7 Å². The van der Waals surface area contributed by atoms with Crippen LogP contribution in [0.15, 0.2) is 18.2 Å². The molecule has 0 N–H and O–H groups in total. The van der Waals surface area contributed by atoms with Crippen molar-refractivity contribution >= 4 is 17.4 Å². The van der Waals surface area contributed by atoms with E-state index in [0.717, 1.165) is 12.8 Å². The van der Waals surface area contributed by atoms with Crippen molar-refractivity contribution in [3.05, 3.63) is 28.8 Å². The van der Waals surface area contributed by atoms with Gasteiger partial charge in [-0.3, -0.25) is 4.79 Å². The molecule has 1 aliphatic rings. The zero-order valence-electron chi connectivity index (χ0n) is 9.74. The lowest BCUT2D eigenvalue weighted by Gasteiger charge is -2.21. The molecule has 0 amide bonds. The quantitative estimate of drug-likeness (QED) is 0.778. The molecular formula is C13H15ClO3. The minimum absolute atomic E-state index is 0.0632. The average molecular weight is 255 g/mol. The Morgan fingerprint density at radius 1 is 1.41 bits per heavy atom. The first-order valence-corrected chi connectivity index (χ1v) is 6.05. The van der Waals surface area contributed by atoms with Crippen molar-refractivity contribution in [2.75, 3.05) is 20.3 Å². The number of hydrogen-bond acceptors (Lipinski definition) is 3. The van der Waals surface area contributed by atoms with Crippen molar-refractivity contribution in [2.45, 2.75) is 12.8 Å². The Kier molecular flexibility index (Phi) is 4.02. The Morgan fingerprint density at radius 2 is 2.12 bits per heavy atom. The third kappa shape index (κ3) is 2.79. The molecule has 1 aromatic rings. The molecule has 1 aliphatic heterocycles. The second-order valence-corrected chi connectivity index (χ2v) is 4.51. The topological polar surface area (TPSA) is 35.5 Å². The zero-order valence-corrected chi connectivity index (χ0v) is 10.5. The monoisotopic (exact) mass is 254 g/mol. The first-order chi connectivity index (χ1) is 8.22. The largest absolute Gasteiger partial charge is 0.495 e. The lowest BCUT2D eigenvalue weighted by atomic mass is 9.91. The maximum Gasteiger partial charge on any atom is 0.166 e. The van der Waals surface area contributed by atoms with Gasteiger partial charge in [0.15, 0.2) is 5.78 Å². The molecule has 92 valence electrons. The fourth-order valence-electron chi connectivity index (χ4n) is 2.02. The van der Waals surface area contributed by atoms with Crippen molar-refractivity contribution in [1.82, 2.24) is 0 Å². The number of benzene rings is 1. The van der Waals surface area contributed by atoms with Gasteiger partial charge in [0.2, 0.25) is 0 Å². The van der Waals surface area contributed by atoms with Crippen LogP contribution in [0.4, 0.5) is 0 Å². The number of carbonyl (C=O) groups is 1. The first-order valence-electron chi connectivity index (χ1n) is 5.68. The molecule has 0 spiro atoms. The average Bonchev–Trinajstić information content (AvgIpc) is 2.39. The van der Waals surface area contributed by atoms with Crippen molar-refractivity contribution in [2.24, 2.45) is 5.92 Å². The first kappa shape index (κ1) is 12.4. The number of ether oxygens (including phenoxy) is 2. The maximum atomic E-state index is 12.2. The summed E-state index contributed by atoms with van der Waals surface area (Å²) in [7, 11) is 1.56. The van der Waals surface area contributed by atoms with Gasteiger partial charge in [-0.1, -0.05) is 11.6 Å². The summed E-state index contributed by atoms with van der Waals surface area (Å²) < 4.78 is 10.3. The highest BCUT2D eigenvalue weighted by Gasteiger charge is 2.23. The van der Waals surface area contributed by atoms with Crippen LogP contribution in [0.5, 0.6) is 5.75 Å². The normalized spacial score (nSPS) is 16.8. The molecule has 0 aliphatic carbocycles. The fourth-order valence-corrected chi connectivity index (χ4v) is 2.27. The summed E-state index contributed by atoms with van der Waals surface area (Å²) in [4.78, 5) is 12.2. The van der Waals surface area contributed by atoms with Crippen molar-refractivity contribution in [3.8, 4) is 5.75 Å². The Bertz CT molecular complexity index is 411. The number of ketones is 1. The molecule has 0 radical (unpaired) electrons. The number of methoxy groups -OCH3 is 1. The molecular weight excluding hydrogens is 240 g/mol. The number of Topliss-reactive ketones (excluding diaryl/α,β-unsaturated/α-hetero) is 1. The van der Waals surface area contributed by atoms with Crippen molar-refractivity contribution < 1.29 is 14.3 Å². The third-order valence-electron chi connectivity index (χ3n) is 3.03. The number of hydrogen-bond donors (Lipinski definition) is 0. The maximum absolute atomic E-state index is 12.2. The van der Waals surface area contributed by atoms with Gasteiger partial charge < -0.3 is 9.47 Å². The Hall–Kier alpha value is -1.06. The van der Waals surface area contributed by atoms with E-state index in [1.54, 1.807) is 25.3 Å². The SMILES string of the molecule is COc1ccc(C(=O)C2CCOCC2)cc1Cl. The van der Waals surface area contributed by atoms with E-state index in [1.165, 1.54) is 0 Å². The van der Waals surface area contributed by atoms with Crippen LogP contribution < -0.4 is 4.74 Å². The van der Waals surface area contributed by atoms with E-state index in [4.69, 9.17) is 21.1 Å².